The third kappa shape index (κ3) is 6.37. The molecule has 0 heterocycles. The summed E-state index contributed by atoms with van der Waals surface area (Å²) < 4.78 is 5.06. The first kappa shape index (κ1) is 18.5. The monoisotopic (exact) mass is 322 g/mol. The molecule has 126 valence electrons. The SMILES string of the molecule is CC[C@H](C)C(=O)NCC(=O)Nc1ccc(OCC(=O)O)cc1C. The Bertz CT molecular complexity index is 586. The zero-order chi connectivity index (χ0) is 17.4. The van der Waals surface area contributed by atoms with Gasteiger partial charge in [0.15, 0.2) is 6.61 Å². The molecule has 0 spiro atoms. The van der Waals surface area contributed by atoms with Gasteiger partial charge in [-0.3, -0.25) is 9.59 Å². The van der Waals surface area contributed by atoms with Crippen molar-refractivity contribution in [1.29, 1.82) is 0 Å². The van der Waals surface area contributed by atoms with E-state index in [1.807, 2.05) is 6.92 Å². The number of carbonyl (C=O) groups excluding carboxylic acids is 2. The highest BCUT2D eigenvalue weighted by atomic mass is 16.5. The maximum atomic E-state index is 11.8. The topological polar surface area (TPSA) is 105 Å². The summed E-state index contributed by atoms with van der Waals surface area (Å²) in [4.78, 5) is 33.9. The lowest BCUT2D eigenvalue weighted by molar-refractivity contribution is -0.139. The summed E-state index contributed by atoms with van der Waals surface area (Å²) in [6.45, 7) is 4.95. The number of hydrogen-bond acceptors (Lipinski definition) is 4. The van der Waals surface area contributed by atoms with E-state index in [4.69, 9.17) is 9.84 Å². The maximum Gasteiger partial charge on any atom is 0.341 e. The van der Waals surface area contributed by atoms with Gasteiger partial charge < -0.3 is 20.5 Å². The van der Waals surface area contributed by atoms with Crippen LogP contribution in [-0.4, -0.2) is 36.0 Å². The number of hydrogen-bond donors (Lipinski definition) is 3. The predicted molar refractivity (Wildman–Crippen MR) is 85.4 cm³/mol. The summed E-state index contributed by atoms with van der Waals surface area (Å²) in [5, 5.41) is 13.8. The second-order valence-corrected chi connectivity index (χ2v) is 5.23. The molecule has 1 rings (SSSR count). The molecule has 7 heteroatoms. The number of carboxylic acid groups (broad SMARTS) is 1. The highest BCUT2D eigenvalue weighted by Gasteiger charge is 2.12. The van der Waals surface area contributed by atoms with E-state index in [-0.39, 0.29) is 24.3 Å². The predicted octanol–water partition coefficient (Wildman–Crippen LogP) is 1.56. The van der Waals surface area contributed by atoms with Crippen LogP contribution in [0.2, 0.25) is 0 Å². The van der Waals surface area contributed by atoms with Gasteiger partial charge in [-0.25, -0.2) is 4.79 Å². The Kier molecular flexibility index (Phi) is 7.05. The van der Waals surface area contributed by atoms with Crippen LogP contribution in [0.1, 0.15) is 25.8 Å². The highest BCUT2D eigenvalue weighted by molar-refractivity contribution is 5.95. The van der Waals surface area contributed by atoms with Crippen LogP contribution in [0.5, 0.6) is 5.75 Å². The van der Waals surface area contributed by atoms with Crippen LogP contribution >= 0.6 is 0 Å². The third-order valence-corrected chi connectivity index (χ3v) is 3.32. The molecule has 1 aromatic rings. The fraction of sp³-hybridized carbons (Fsp3) is 0.438. The van der Waals surface area contributed by atoms with E-state index in [2.05, 4.69) is 10.6 Å². The molecule has 1 atom stereocenters. The first-order valence-electron chi connectivity index (χ1n) is 7.36. The van der Waals surface area contributed by atoms with Crippen LogP contribution in [0.15, 0.2) is 18.2 Å². The van der Waals surface area contributed by atoms with Gasteiger partial charge in [0, 0.05) is 11.6 Å². The minimum atomic E-state index is -1.06. The molecule has 1 aromatic carbocycles. The molecule has 23 heavy (non-hydrogen) atoms. The van der Waals surface area contributed by atoms with E-state index in [0.29, 0.717) is 17.9 Å². The van der Waals surface area contributed by atoms with Crippen molar-refractivity contribution >= 4 is 23.5 Å². The fourth-order valence-corrected chi connectivity index (χ4v) is 1.73. The van der Waals surface area contributed by atoms with Crippen molar-refractivity contribution in [3.63, 3.8) is 0 Å². The second-order valence-electron chi connectivity index (χ2n) is 5.23. The van der Waals surface area contributed by atoms with Crippen LogP contribution in [0, 0.1) is 12.8 Å². The molecular formula is C16H22N2O5. The van der Waals surface area contributed by atoms with Gasteiger partial charge in [0.1, 0.15) is 5.75 Å². The summed E-state index contributed by atoms with van der Waals surface area (Å²) in [6.07, 6.45) is 0.713. The van der Waals surface area contributed by atoms with E-state index >= 15 is 0 Å². The first-order chi connectivity index (χ1) is 10.8. The number of ether oxygens (including phenoxy) is 1. The molecule has 0 fully saturated rings. The Morgan fingerprint density at radius 1 is 1.30 bits per heavy atom. The molecule has 0 aromatic heterocycles. The third-order valence-electron chi connectivity index (χ3n) is 3.32. The van der Waals surface area contributed by atoms with Crippen LogP contribution < -0.4 is 15.4 Å². The number of benzene rings is 1. The molecule has 0 bridgehead atoms. The minimum absolute atomic E-state index is 0.0973. The quantitative estimate of drug-likeness (QED) is 0.673. The summed E-state index contributed by atoms with van der Waals surface area (Å²) in [5.41, 5.74) is 1.31. The smallest absolute Gasteiger partial charge is 0.341 e. The van der Waals surface area contributed by atoms with Crippen LogP contribution in [0.3, 0.4) is 0 Å². The van der Waals surface area contributed by atoms with Crippen molar-refractivity contribution in [1.82, 2.24) is 5.32 Å². The summed E-state index contributed by atoms with van der Waals surface area (Å²) >= 11 is 0. The number of aryl methyl sites for hydroxylation is 1. The van der Waals surface area contributed by atoms with Crippen molar-refractivity contribution in [3.05, 3.63) is 23.8 Å². The van der Waals surface area contributed by atoms with Gasteiger partial charge in [-0.05, 0) is 37.1 Å². The normalized spacial score (nSPS) is 11.4. The van der Waals surface area contributed by atoms with Gasteiger partial charge in [0.25, 0.3) is 0 Å². The van der Waals surface area contributed by atoms with E-state index in [0.717, 1.165) is 5.56 Å². The molecule has 2 amide bonds. The van der Waals surface area contributed by atoms with E-state index < -0.39 is 12.6 Å². The zero-order valence-corrected chi connectivity index (χ0v) is 13.5. The lowest BCUT2D eigenvalue weighted by Gasteiger charge is -2.12. The number of amides is 2. The van der Waals surface area contributed by atoms with E-state index in [9.17, 15) is 14.4 Å². The average Bonchev–Trinajstić information content (AvgIpc) is 2.52. The molecule has 0 saturated carbocycles. The Balaban J connectivity index is 2.55. The standard InChI is InChI=1S/C16H22N2O5/c1-4-10(2)16(22)17-8-14(19)18-13-6-5-12(7-11(13)3)23-9-15(20)21/h5-7,10H,4,8-9H2,1-3H3,(H,17,22)(H,18,19)(H,20,21)/t10-/m0/s1. The van der Waals surface area contributed by atoms with E-state index in [1.165, 1.54) is 0 Å². The largest absolute Gasteiger partial charge is 0.482 e. The van der Waals surface area contributed by atoms with Crippen molar-refractivity contribution in [2.45, 2.75) is 27.2 Å². The molecule has 0 aliphatic rings. The molecule has 0 radical (unpaired) electrons. The zero-order valence-electron chi connectivity index (χ0n) is 13.5. The number of aliphatic carboxylic acids is 1. The Hall–Kier alpha value is -2.57. The highest BCUT2D eigenvalue weighted by Crippen LogP contribution is 2.21. The van der Waals surface area contributed by atoms with Gasteiger partial charge >= 0.3 is 5.97 Å². The molecular weight excluding hydrogens is 300 g/mol. The Morgan fingerprint density at radius 3 is 2.57 bits per heavy atom. The number of nitrogens with one attached hydrogen (secondary N) is 2. The Morgan fingerprint density at radius 2 is 2.00 bits per heavy atom. The van der Waals surface area contributed by atoms with Crippen LogP contribution in [0.4, 0.5) is 5.69 Å². The van der Waals surface area contributed by atoms with Crippen molar-refractivity contribution < 1.29 is 24.2 Å². The summed E-state index contributed by atoms with van der Waals surface area (Å²) in [5.74, 6) is -1.26. The lowest BCUT2D eigenvalue weighted by atomic mass is 10.1. The summed E-state index contributed by atoms with van der Waals surface area (Å²) in [7, 11) is 0. The van der Waals surface area contributed by atoms with E-state index in [1.54, 1.807) is 32.0 Å². The molecule has 0 unspecified atom stereocenters. The number of rotatable bonds is 8. The number of anilines is 1. The molecule has 3 N–H and O–H groups in total. The van der Waals surface area contributed by atoms with Gasteiger partial charge in [0.2, 0.25) is 11.8 Å². The van der Waals surface area contributed by atoms with Gasteiger partial charge in [-0.15, -0.1) is 0 Å². The first-order valence-corrected chi connectivity index (χ1v) is 7.36. The molecule has 0 aliphatic carbocycles. The lowest BCUT2D eigenvalue weighted by Crippen LogP contribution is -2.35. The fourth-order valence-electron chi connectivity index (χ4n) is 1.73. The summed E-state index contributed by atoms with van der Waals surface area (Å²) in [6, 6.07) is 4.83. The average molecular weight is 322 g/mol. The van der Waals surface area contributed by atoms with Crippen molar-refractivity contribution in [2.75, 3.05) is 18.5 Å². The van der Waals surface area contributed by atoms with Crippen molar-refractivity contribution in [3.8, 4) is 5.75 Å². The van der Waals surface area contributed by atoms with Crippen LogP contribution in [-0.2, 0) is 14.4 Å². The molecule has 0 saturated heterocycles. The minimum Gasteiger partial charge on any atom is -0.482 e. The molecule has 0 aliphatic heterocycles. The number of carboxylic acids is 1. The van der Waals surface area contributed by atoms with Gasteiger partial charge in [-0.1, -0.05) is 13.8 Å². The molecule has 7 nitrogen and oxygen atoms in total. The maximum absolute atomic E-state index is 11.8. The second kappa shape index (κ2) is 8.77. The number of carbonyl (C=O) groups is 3. The van der Waals surface area contributed by atoms with Gasteiger partial charge in [0.05, 0.1) is 6.54 Å². The van der Waals surface area contributed by atoms with Gasteiger partial charge in [-0.2, -0.15) is 0 Å². The Labute approximate surface area is 135 Å². The van der Waals surface area contributed by atoms with Crippen LogP contribution in [0.25, 0.3) is 0 Å². The van der Waals surface area contributed by atoms with Crippen molar-refractivity contribution in [2.24, 2.45) is 5.92 Å².